The van der Waals surface area contributed by atoms with Gasteiger partial charge in [-0.1, -0.05) is 31.0 Å². The first-order valence-electron chi connectivity index (χ1n) is 8.16. The minimum absolute atomic E-state index is 0.00794. The lowest BCUT2D eigenvalue weighted by Crippen LogP contribution is -2.41. The second-order valence-corrected chi connectivity index (χ2v) is 6.05. The normalized spacial score (nSPS) is 14.7. The standard InChI is InChI=1S/C17H20N4O3/c22-15(18-10-16(23)19-11-5-1-2-6-11)9-14-12-7-3-4-8-13(12)17(24)21-20-14/h3-4,7-8,11H,1-2,5-6,9-10H2,(H,18,22)(H,19,23)(H,21,24). The largest absolute Gasteiger partial charge is 0.352 e. The van der Waals surface area contributed by atoms with Gasteiger partial charge in [-0.15, -0.1) is 0 Å². The third-order valence-electron chi connectivity index (χ3n) is 4.27. The van der Waals surface area contributed by atoms with Crippen LogP contribution in [-0.4, -0.2) is 34.6 Å². The molecule has 0 atom stereocenters. The maximum atomic E-state index is 12.1. The van der Waals surface area contributed by atoms with Crippen LogP contribution in [0.2, 0.25) is 0 Å². The number of rotatable bonds is 5. The van der Waals surface area contributed by atoms with E-state index >= 15 is 0 Å². The van der Waals surface area contributed by atoms with Crippen molar-refractivity contribution in [3.63, 3.8) is 0 Å². The van der Waals surface area contributed by atoms with Crippen LogP contribution in [0.3, 0.4) is 0 Å². The molecule has 2 aromatic rings. The van der Waals surface area contributed by atoms with E-state index in [1.807, 2.05) is 0 Å². The number of amides is 2. The van der Waals surface area contributed by atoms with Gasteiger partial charge in [-0.05, 0) is 18.9 Å². The number of fused-ring (bicyclic) bond motifs is 1. The first kappa shape index (κ1) is 16.2. The minimum Gasteiger partial charge on any atom is -0.352 e. The molecule has 1 saturated carbocycles. The Morgan fingerprint density at radius 2 is 1.83 bits per heavy atom. The molecule has 3 N–H and O–H groups in total. The van der Waals surface area contributed by atoms with Crippen LogP contribution in [-0.2, 0) is 16.0 Å². The number of H-pyrrole nitrogens is 1. The number of aromatic nitrogens is 2. The minimum atomic E-state index is -0.304. The smallest absolute Gasteiger partial charge is 0.272 e. The highest BCUT2D eigenvalue weighted by Gasteiger charge is 2.17. The Morgan fingerprint density at radius 3 is 2.58 bits per heavy atom. The molecule has 1 heterocycles. The fourth-order valence-corrected chi connectivity index (χ4v) is 3.05. The molecule has 7 nitrogen and oxygen atoms in total. The Balaban J connectivity index is 1.58. The number of benzene rings is 1. The fourth-order valence-electron chi connectivity index (χ4n) is 3.05. The molecule has 126 valence electrons. The van der Waals surface area contributed by atoms with E-state index in [2.05, 4.69) is 20.8 Å². The van der Waals surface area contributed by atoms with Crippen molar-refractivity contribution in [2.45, 2.75) is 38.1 Å². The van der Waals surface area contributed by atoms with Crippen molar-refractivity contribution >= 4 is 22.6 Å². The van der Waals surface area contributed by atoms with Gasteiger partial charge in [0.25, 0.3) is 5.56 Å². The van der Waals surface area contributed by atoms with Crippen molar-refractivity contribution < 1.29 is 9.59 Å². The third-order valence-corrected chi connectivity index (χ3v) is 4.27. The predicted octanol–water partition coefficient (Wildman–Crippen LogP) is 0.641. The molecule has 1 aromatic heterocycles. The van der Waals surface area contributed by atoms with Crippen molar-refractivity contribution in [3.05, 3.63) is 40.3 Å². The lowest BCUT2D eigenvalue weighted by atomic mass is 10.1. The van der Waals surface area contributed by atoms with E-state index in [9.17, 15) is 14.4 Å². The Bertz CT molecular complexity index is 809. The summed E-state index contributed by atoms with van der Waals surface area (Å²) in [6, 6.07) is 7.23. The number of nitrogens with one attached hydrogen (secondary N) is 3. The molecular formula is C17H20N4O3. The SMILES string of the molecule is O=C(Cc1n[nH]c(=O)c2ccccc12)NCC(=O)NC1CCCC1. The molecule has 0 spiro atoms. The van der Waals surface area contributed by atoms with Gasteiger partial charge >= 0.3 is 0 Å². The fraction of sp³-hybridized carbons (Fsp3) is 0.412. The van der Waals surface area contributed by atoms with E-state index in [-0.39, 0.29) is 36.4 Å². The number of hydrogen-bond donors (Lipinski definition) is 3. The maximum Gasteiger partial charge on any atom is 0.272 e. The summed E-state index contributed by atoms with van der Waals surface area (Å²) in [4.78, 5) is 35.6. The Labute approximate surface area is 138 Å². The van der Waals surface area contributed by atoms with Crippen LogP contribution in [0.5, 0.6) is 0 Å². The highest BCUT2D eigenvalue weighted by atomic mass is 16.2. The maximum absolute atomic E-state index is 12.1. The first-order chi connectivity index (χ1) is 11.6. The van der Waals surface area contributed by atoms with Crippen molar-refractivity contribution in [3.8, 4) is 0 Å². The summed E-state index contributed by atoms with van der Waals surface area (Å²) in [7, 11) is 0. The highest BCUT2D eigenvalue weighted by Crippen LogP contribution is 2.17. The molecule has 1 aromatic carbocycles. The number of nitrogens with zero attached hydrogens (tertiary/aromatic N) is 1. The monoisotopic (exact) mass is 328 g/mol. The lowest BCUT2D eigenvalue weighted by Gasteiger charge is -2.12. The van der Waals surface area contributed by atoms with Crippen molar-refractivity contribution in [1.29, 1.82) is 0 Å². The first-order valence-corrected chi connectivity index (χ1v) is 8.16. The molecule has 1 fully saturated rings. The van der Waals surface area contributed by atoms with Crippen molar-refractivity contribution in [2.75, 3.05) is 6.54 Å². The zero-order chi connectivity index (χ0) is 16.9. The number of carbonyl (C=O) groups excluding carboxylic acids is 2. The Hall–Kier alpha value is -2.70. The van der Waals surface area contributed by atoms with E-state index in [4.69, 9.17) is 0 Å². The molecule has 0 bridgehead atoms. The summed E-state index contributed by atoms with van der Waals surface area (Å²) in [6.07, 6.45) is 4.30. The molecule has 3 rings (SSSR count). The van der Waals surface area contributed by atoms with Gasteiger partial charge in [-0.25, -0.2) is 5.10 Å². The Morgan fingerprint density at radius 1 is 1.12 bits per heavy atom. The average Bonchev–Trinajstić information content (AvgIpc) is 3.09. The van der Waals surface area contributed by atoms with Gasteiger partial charge in [-0.3, -0.25) is 14.4 Å². The van der Waals surface area contributed by atoms with Gasteiger partial charge in [0.05, 0.1) is 24.0 Å². The summed E-state index contributed by atoms with van der Waals surface area (Å²) in [5, 5.41) is 13.0. The molecule has 7 heteroatoms. The van der Waals surface area contributed by atoms with E-state index < -0.39 is 0 Å². The molecule has 2 amide bonds. The van der Waals surface area contributed by atoms with Crippen molar-refractivity contribution in [2.24, 2.45) is 0 Å². The molecule has 0 unspecified atom stereocenters. The third kappa shape index (κ3) is 3.79. The summed E-state index contributed by atoms with van der Waals surface area (Å²) >= 11 is 0. The van der Waals surface area contributed by atoms with Gasteiger partial charge in [-0.2, -0.15) is 5.10 Å². The van der Waals surface area contributed by atoms with Crippen LogP contribution in [0.1, 0.15) is 31.4 Å². The summed E-state index contributed by atoms with van der Waals surface area (Å²) in [5.41, 5.74) is 0.199. The Kier molecular flexibility index (Phi) is 4.88. The topological polar surface area (TPSA) is 104 Å². The van der Waals surface area contributed by atoms with Gasteiger partial charge < -0.3 is 10.6 Å². The molecule has 0 saturated heterocycles. The van der Waals surface area contributed by atoms with E-state index in [0.717, 1.165) is 25.7 Å². The molecule has 1 aliphatic rings. The van der Waals surface area contributed by atoms with Crippen LogP contribution in [0, 0.1) is 0 Å². The summed E-state index contributed by atoms with van der Waals surface area (Å²) in [6.45, 7) is -0.0450. The van der Waals surface area contributed by atoms with Crippen LogP contribution in [0.15, 0.2) is 29.1 Å². The molecule has 1 aliphatic carbocycles. The van der Waals surface area contributed by atoms with Crippen LogP contribution >= 0.6 is 0 Å². The van der Waals surface area contributed by atoms with E-state index in [0.29, 0.717) is 16.5 Å². The zero-order valence-electron chi connectivity index (χ0n) is 13.3. The highest BCUT2D eigenvalue weighted by molar-refractivity contribution is 5.90. The lowest BCUT2D eigenvalue weighted by molar-refractivity contribution is -0.126. The van der Waals surface area contributed by atoms with Crippen molar-refractivity contribution in [1.82, 2.24) is 20.8 Å². The number of hydrogen-bond acceptors (Lipinski definition) is 4. The second kappa shape index (κ2) is 7.25. The molecule has 0 radical (unpaired) electrons. The van der Waals surface area contributed by atoms with Gasteiger partial charge in [0.2, 0.25) is 11.8 Å². The van der Waals surface area contributed by atoms with Gasteiger partial charge in [0.1, 0.15) is 0 Å². The predicted molar refractivity (Wildman–Crippen MR) is 89.5 cm³/mol. The second-order valence-electron chi connectivity index (χ2n) is 6.05. The molecule has 0 aliphatic heterocycles. The van der Waals surface area contributed by atoms with Crippen LogP contribution < -0.4 is 16.2 Å². The molecular weight excluding hydrogens is 308 g/mol. The van der Waals surface area contributed by atoms with Gasteiger partial charge in [0, 0.05) is 11.4 Å². The summed E-state index contributed by atoms with van der Waals surface area (Å²) < 4.78 is 0. The van der Waals surface area contributed by atoms with Crippen LogP contribution in [0.25, 0.3) is 10.8 Å². The zero-order valence-corrected chi connectivity index (χ0v) is 13.3. The van der Waals surface area contributed by atoms with E-state index in [1.165, 1.54) is 0 Å². The average molecular weight is 328 g/mol. The van der Waals surface area contributed by atoms with E-state index in [1.54, 1.807) is 24.3 Å². The quantitative estimate of drug-likeness (QED) is 0.749. The van der Waals surface area contributed by atoms with Gasteiger partial charge in [0.15, 0.2) is 0 Å². The number of aromatic amines is 1. The number of carbonyl (C=O) groups is 2. The summed E-state index contributed by atoms with van der Waals surface area (Å²) in [5.74, 6) is -0.476. The van der Waals surface area contributed by atoms with Crippen LogP contribution in [0.4, 0.5) is 0 Å². The molecule has 24 heavy (non-hydrogen) atoms.